The Hall–Kier alpha value is -0.370. The molecule has 0 aliphatic rings. The second-order valence-electron chi connectivity index (χ2n) is 3.78. The zero-order valence-electron chi connectivity index (χ0n) is 8.92. The van der Waals surface area contributed by atoms with E-state index in [1.54, 1.807) is 0 Å². The lowest BCUT2D eigenvalue weighted by molar-refractivity contribution is -0.123. The summed E-state index contributed by atoms with van der Waals surface area (Å²) < 4.78 is 0. The van der Waals surface area contributed by atoms with Gasteiger partial charge in [0.25, 0.3) is 0 Å². The van der Waals surface area contributed by atoms with Crippen LogP contribution in [0.2, 0.25) is 0 Å². The van der Waals surface area contributed by atoms with E-state index in [9.17, 15) is 4.79 Å². The molecular weight excluding hydrogens is 150 g/mol. The van der Waals surface area contributed by atoms with Gasteiger partial charge in [0.1, 0.15) is 5.78 Å². The van der Waals surface area contributed by atoms with Crippen LogP contribution in [0, 0.1) is 5.92 Å². The first-order valence-electron chi connectivity index (χ1n) is 4.72. The van der Waals surface area contributed by atoms with Crippen LogP contribution in [0.1, 0.15) is 34.1 Å². The molecule has 0 aliphatic carbocycles. The first kappa shape index (κ1) is 11.6. The lowest BCUT2D eigenvalue weighted by Crippen LogP contribution is -2.34. The number of ketones is 1. The monoisotopic (exact) mass is 171 g/mol. The van der Waals surface area contributed by atoms with Crippen LogP contribution in [0.25, 0.3) is 0 Å². The molecule has 0 amide bonds. The van der Waals surface area contributed by atoms with Crippen LogP contribution < -0.4 is 0 Å². The molecule has 0 aromatic carbocycles. The van der Waals surface area contributed by atoms with Gasteiger partial charge in [-0.15, -0.1) is 0 Å². The summed E-state index contributed by atoms with van der Waals surface area (Å²) in [6.07, 6.45) is 0.949. The van der Waals surface area contributed by atoms with Crippen molar-refractivity contribution in [2.24, 2.45) is 5.92 Å². The first-order chi connectivity index (χ1) is 5.49. The van der Waals surface area contributed by atoms with Gasteiger partial charge in [-0.05, 0) is 27.3 Å². The van der Waals surface area contributed by atoms with Gasteiger partial charge in [-0.1, -0.05) is 13.8 Å². The van der Waals surface area contributed by atoms with Crippen molar-refractivity contribution < 1.29 is 4.79 Å². The molecule has 0 N–H and O–H groups in total. The van der Waals surface area contributed by atoms with E-state index in [4.69, 9.17) is 0 Å². The minimum atomic E-state index is 0.214. The van der Waals surface area contributed by atoms with Gasteiger partial charge < -0.3 is 0 Å². The summed E-state index contributed by atoms with van der Waals surface area (Å²) >= 11 is 0. The fraction of sp³-hybridized carbons (Fsp3) is 0.900. The summed E-state index contributed by atoms with van der Waals surface area (Å²) in [7, 11) is 1.99. The molecule has 0 saturated heterocycles. The first-order valence-corrected chi connectivity index (χ1v) is 4.72. The zero-order valence-corrected chi connectivity index (χ0v) is 8.92. The molecule has 0 heterocycles. The van der Waals surface area contributed by atoms with E-state index in [1.165, 1.54) is 0 Å². The topological polar surface area (TPSA) is 20.3 Å². The number of rotatable bonds is 5. The van der Waals surface area contributed by atoms with Crippen LogP contribution in [0.3, 0.4) is 0 Å². The van der Waals surface area contributed by atoms with Gasteiger partial charge in [0.05, 0.1) is 6.54 Å². The Morgan fingerprint density at radius 3 is 2.17 bits per heavy atom. The second kappa shape index (κ2) is 5.31. The number of carbonyl (C=O) groups excluding carboxylic acids is 1. The van der Waals surface area contributed by atoms with Crippen molar-refractivity contribution in [3.8, 4) is 0 Å². The number of Topliss-reactive ketones (excluding diaryl/α,β-unsaturated/α-hetero) is 1. The Labute approximate surface area is 75.9 Å². The van der Waals surface area contributed by atoms with E-state index in [0.717, 1.165) is 6.42 Å². The largest absolute Gasteiger partial charge is 0.298 e. The van der Waals surface area contributed by atoms with Crippen molar-refractivity contribution in [2.75, 3.05) is 13.6 Å². The summed E-state index contributed by atoms with van der Waals surface area (Å²) in [4.78, 5) is 13.5. The van der Waals surface area contributed by atoms with E-state index in [1.807, 2.05) is 14.0 Å². The number of hydrogen-bond acceptors (Lipinski definition) is 2. The Morgan fingerprint density at radius 2 is 1.83 bits per heavy atom. The molecule has 12 heavy (non-hydrogen) atoms. The van der Waals surface area contributed by atoms with Gasteiger partial charge in [-0.3, -0.25) is 9.69 Å². The average molecular weight is 171 g/mol. The van der Waals surface area contributed by atoms with Crippen molar-refractivity contribution in [2.45, 2.75) is 40.2 Å². The van der Waals surface area contributed by atoms with Gasteiger partial charge in [0, 0.05) is 12.0 Å². The molecule has 0 aliphatic heterocycles. The third-order valence-electron chi connectivity index (χ3n) is 2.45. The minimum Gasteiger partial charge on any atom is -0.298 e. The molecule has 2 nitrogen and oxygen atoms in total. The fourth-order valence-corrected chi connectivity index (χ4v) is 0.812. The van der Waals surface area contributed by atoms with Gasteiger partial charge in [-0.2, -0.15) is 0 Å². The van der Waals surface area contributed by atoms with Crippen molar-refractivity contribution in [1.29, 1.82) is 0 Å². The summed E-state index contributed by atoms with van der Waals surface area (Å²) in [6.45, 7) is 8.84. The molecule has 0 aromatic rings. The fourth-order valence-electron chi connectivity index (χ4n) is 0.812. The number of carbonyl (C=O) groups is 1. The van der Waals surface area contributed by atoms with E-state index >= 15 is 0 Å². The zero-order chi connectivity index (χ0) is 9.72. The standard InChI is InChI=1S/C10H21NO/c1-6-9(4)10(12)7-11(5)8(2)3/h8-9H,6-7H2,1-5H3. The third kappa shape index (κ3) is 3.86. The molecule has 1 unspecified atom stereocenters. The maximum atomic E-state index is 11.4. The molecule has 0 spiro atoms. The van der Waals surface area contributed by atoms with Gasteiger partial charge in [0.15, 0.2) is 0 Å². The lowest BCUT2D eigenvalue weighted by atomic mass is 10.0. The molecule has 0 radical (unpaired) electrons. The van der Waals surface area contributed by atoms with E-state index in [-0.39, 0.29) is 5.92 Å². The van der Waals surface area contributed by atoms with Crippen molar-refractivity contribution in [1.82, 2.24) is 4.90 Å². The van der Waals surface area contributed by atoms with Gasteiger partial charge in [-0.25, -0.2) is 0 Å². The lowest BCUT2D eigenvalue weighted by Gasteiger charge is -2.21. The highest BCUT2D eigenvalue weighted by molar-refractivity contribution is 5.82. The Morgan fingerprint density at radius 1 is 1.33 bits per heavy atom. The molecule has 0 fully saturated rings. The Bertz CT molecular complexity index is 143. The number of hydrogen-bond donors (Lipinski definition) is 0. The minimum absolute atomic E-state index is 0.214. The molecule has 72 valence electrons. The average Bonchev–Trinajstić information content (AvgIpc) is 2.02. The van der Waals surface area contributed by atoms with Crippen LogP contribution >= 0.6 is 0 Å². The highest BCUT2D eigenvalue weighted by Crippen LogP contribution is 2.04. The summed E-state index contributed by atoms with van der Waals surface area (Å²) in [5.74, 6) is 0.569. The molecule has 0 rings (SSSR count). The smallest absolute Gasteiger partial charge is 0.149 e. The molecule has 0 bridgehead atoms. The summed E-state index contributed by atoms with van der Waals surface area (Å²) in [5, 5.41) is 0. The molecule has 0 aromatic heterocycles. The highest BCUT2D eigenvalue weighted by Gasteiger charge is 2.14. The van der Waals surface area contributed by atoms with E-state index < -0.39 is 0 Å². The normalized spacial score (nSPS) is 13.9. The Balaban J connectivity index is 3.84. The van der Waals surface area contributed by atoms with E-state index in [0.29, 0.717) is 18.4 Å². The third-order valence-corrected chi connectivity index (χ3v) is 2.45. The molecule has 1 atom stereocenters. The maximum Gasteiger partial charge on any atom is 0.149 e. The summed E-state index contributed by atoms with van der Waals surface area (Å²) in [6, 6.07) is 0.456. The Kier molecular flexibility index (Phi) is 5.14. The van der Waals surface area contributed by atoms with Gasteiger partial charge >= 0.3 is 0 Å². The van der Waals surface area contributed by atoms with Crippen LogP contribution in [0.15, 0.2) is 0 Å². The highest BCUT2D eigenvalue weighted by atomic mass is 16.1. The van der Waals surface area contributed by atoms with Gasteiger partial charge in [0.2, 0.25) is 0 Å². The predicted octanol–water partition coefficient (Wildman–Crippen LogP) is 1.94. The van der Waals surface area contributed by atoms with Crippen molar-refractivity contribution in [3.05, 3.63) is 0 Å². The SMILES string of the molecule is CCC(C)C(=O)CN(C)C(C)C. The van der Waals surface area contributed by atoms with Crippen LogP contribution in [0.4, 0.5) is 0 Å². The van der Waals surface area contributed by atoms with Crippen LogP contribution in [0.5, 0.6) is 0 Å². The van der Waals surface area contributed by atoms with E-state index in [2.05, 4.69) is 25.7 Å². The van der Waals surface area contributed by atoms with Crippen molar-refractivity contribution >= 4 is 5.78 Å². The number of nitrogens with zero attached hydrogens (tertiary/aromatic N) is 1. The molecular formula is C10H21NO. The second-order valence-corrected chi connectivity index (χ2v) is 3.78. The molecule has 2 heteroatoms. The summed E-state index contributed by atoms with van der Waals surface area (Å²) in [5.41, 5.74) is 0. The van der Waals surface area contributed by atoms with Crippen LogP contribution in [-0.2, 0) is 4.79 Å². The maximum absolute atomic E-state index is 11.4. The quantitative estimate of drug-likeness (QED) is 0.630. The number of likely N-dealkylation sites (N-methyl/N-ethyl adjacent to an activating group) is 1. The molecule has 0 saturated carbocycles. The predicted molar refractivity (Wildman–Crippen MR) is 52.2 cm³/mol. The van der Waals surface area contributed by atoms with Crippen molar-refractivity contribution in [3.63, 3.8) is 0 Å². The van der Waals surface area contributed by atoms with Crippen LogP contribution in [-0.4, -0.2) is 30.3 Å².